The largest absolute Gasteiger partial charge is 0.423 e. The van der Waals surface area contributed by atoms with Crippen molar-refractivity contribution in [3.05, 3.63) is 48.4 Å². The minimum Gasteiger partial charge on any atom is -0.423 e. The number of anilines is 2. The topological polar surface area (TPSA) is 64.1 Å². The Morgan fingerprint density at radius 2 is 1.54 bits per heavy atom. The van der Waals surface area contributed by atoms with E-state index in [2.05, 4.69) is 21.9 Å². The summed E-state index contributed by atoms with van der Waals surface area (Å²) in [6, 6.07) is 8.18. The van der Waals surface area contributed by atoms with E-state index in [-0.39, 0.29) is 0 Å². The molecule has 0 aliphatic heterocycles. The Hall–Kier alpha value is -2.82. The standard InChI is InChI=1S/C15H13N3O2.3C2H6/c1-3-7-12-10(4-2)16-14(19-12)18-15-17-11-8-5-6-9-13(11)20-15;3*1-2/h3-9H,2H2,1H3,(H,16,17,18);3*1-2H3/b7-3-;;;. The first kappa shape index (κ1) is 23.2. The number of fused-ring (bicyclic) bond motifs is 1. The summed E-state index contributed by atoms with van der Waals surface area (Å²) in [4.78, 5) is 8.56. The van der Waals surface area contributed by atoms with Crippen LogP contribution in [0.3, 0.4) is 0 Å². The number of para-hydroxylation sites is 2. The van der Waals surface area contributed by atoms with Gasteiger partial charge < -0.3 is 8.83 Å². The molecule has 2 heterocycles. The maximum absolute atomic E-state index is 5.57. The number of allylic oxidation sites excluding steroid dienone is 1. The first-order valence-electron chi connectivity index (χ1n) is 9.18. The van der Waals surface area contributed by atoms with Crippen LogP contribution in [0.15, 0.2) is 45.8 Å². The Morgan fingerprint density at radius 1 is 0.923 bits per heavy atom. The Bertz CT molecular complexity index is 753. The Morgan fingerprint density at radius 3 is 2.12 bits per heavy atom. The summed E-state index contributed by atoms with van der Waals surface area (Å²) in [6.45, 7) is 17.6. The number of hydrogen-bond acceptors (Lipinski definition) is 5. The average Bonchev–Trinajstić information content (AvgIpc) is 3.30. The number of oxazole rings is 2. The lowest BCUT2D eigenvalue weighted by Gasteiger charge is -1.92. The van der Waals surface area contributed by atoms with Gasteiger partial charge in [-0.2, -0.15) is 9.97 Å². The second-order valence-electron chi connectivity index (χ2n) is 4.08. The Balaban J connectivity index is 0.000000948. The predicted octanol–water partition coefficient (Wildman–Crippen LogP) is 7.31. The molecule has 2 aromatic heterocycles. The summed E-state index contributed by atoms with van der Waals surface area (Å²) in [5, 5.41) is 2.91. The molecule has 0 spiro atoms. The average molecular weight is 357 g/mol. The minimum atomic E-state index is 0.319. The molecule has 3 rings (SSSR count). The van der Waals surface area contributed by atoms with Crippen molar-refractivity contribution in [2.45, 2.75) is 48.5 Å². The van der Waals surface area contributed by atoms with E-state index in [9.17, 15) is 0 Å². The third-order valence-corrected chi connectivity index (χ3v) is 2.70. The molecule has 3 aromatic rings. The summed E-state index contributed by atoms with van der Waals surface area (Å²) in [5.74, 6) is 0.640. The van der Waals surface area contributed by atoms with Crippen molar-refractivity contribution in [1.82, 2.24) is 9.97 Å². The second-order valence-corrected chi connectivity index (χ2v) is 4.08. The fourth-order valence-electron chi connectivity index (χ4n) is 1.83. The minimum absolute atomic E-state index is 0.319. The van der Waals surface area contributed by atoms with Crippen molar-refractivity contribution >= 4 is 35.3 Å². The van der Waals surface area contributed by atoms with Crippen LogP contribution in [0.1, 0.15) is 59.9 Å². The number of aromatic nitrogens is 2. The van der Waals surface area contributed by atoms with Crippen LogP contribution in [0, 0.1) is 0 Å². The highest BCUT2D eigenvalue weighted by molar-refractivity contribution is 5.74. The van der Waals surface area contributed by atoms with Gasteiger partial charge in [-0.05, 0) is 31.2 Å². The number of nitrogens with zero attached hydrogens (tertiary/aromatic N) is 2. The normalized spacial score (nSPS) is 9.35. The fraction of sp³-hybridized carbons (Fsp3) is 0.333. The molecule has 0 fully saturated rings. The molecule has 1 N–H and O–H groups in total. The molecule has 5 nitrogen and oxygen atoms in total. The molecule has 0 saturated heterocycles. The van der Waals surface area contributed by atoms with Gasteiger partial charge >= 0.3 is 12.0 Å². The molecule has 0 amide bonds. The van der Waals surface area contributed by atoms with Gasteiger partial charge in [0.2, 0.25) is 0 Å². The van der Waals surface area contributed by atoms with E-state index in [0.29, 0.717) is 29.1 Å². The summed E-state index contributed by atoms with van der Waals surface area (Å²) >= 11 is 0. The molecule has 0 unspecified atom stereocenters. The van der Waals surface area contributed by atoms with E-state index >= 15 is 0 Å². The lowest BCUT2D eigenvalue weighted by molar-refractivity contribution is 0.555. The van der Waals surface area contributed by atoms with E-state index in [1.807, 2.05) is 84.9 Å². The quantitative estimate of drug-likeness (QED) is 0.530. The zero-order valence-corrected chi connectivity index (χ0v) is 17.0. The van der Waals surface area contributed by atoms with Gasteiger partial charge in [0.15, 0.2) is 11.3 Å². The maximum Gasteiger partial charge on any atom is 0.303 e. The van der Waals surface area contributed by atoms with Crippen LogP contribution in [0.5, 0.6) is 0 Å². The summed E-state index contributed by atoms with van der Waals surface area (Å²) in [6.07, 6.45) is 5.33. The SMILES string of the molecule is C=Cc1nc(Nc2nc3ccccc3o2)oc1/C=C\C.CC.CC.CC. The molecule has 0 aliphatic rings. The lowest BCUT2D eigenvalue weighted by Crippen LogP contribution is -1.89. The number of rotatable bonds is 4. The van der Waals surface area contributed by atoms with E-state index < -0.39 is 0 Å². The van der Waals surface area contributed by atoms with Crippen molar-refractivity contribution < 1.29 is 8.83 Å². The van der Waals surface area contributed by atoms with Crippen LogP contribution in [-0.2, 0) is 0 Å². The molecule has 0 atom stereocenters. The van der Waals surface area contributed by atoms with Crippen molar-refractivity contribution in [1.29, 1.82) is 0 Å². The highest BCUT2D eigenvalue weighted by Gasteiger charge is 2.11. The van der Waals surface area contributed by atoms with E-state index in [4.69, 9.17) is 8.83 Å². The van der Waals surface area contributed by atoms with Crippen LogP contribution >= 0.6 is 0 Å². The van der Waals surface area contributed by atoms with Crippen LogP contribution in [-0.4, -0.2) is 9.97 Å². The van der Waals surface area contributed by atoms with Gasteiger partial charge in [-0.1, -0.05) is 66.3 Å². The fourth-order valence-corrected chi connectivity index (χ4v) is 1.83. The number of benzene rings is 1. The van der Waals surface area contributed by atoms with Crippen LogP contribution in [0.25, 0.3) is 23.3 Å². The molecule has 26 heavy (non-hydrogen) atoms. The number of hydrogen-bond donors (Lipinski definition) is 1. The molecular formula is C21H31N3O2. The van der Waals surface area contributed by atoms with Crippen molar-refractivity contribution in [3.8, 4) is 0 Å². The van der Waals surface area contributed by atoms with Crippen molar-refractivity contribution in [3.63, 3.8) is 0 Å². The van der Waals surface area contributed by atoms with E-state index in [0.717, 1.165) is 5.52 Å². The third-order valence-electron chi connectivity index (χ3n) is 2.70. The van der Waals surface area contributed by atoms with E-state index in [1.165, 1.54) is 0 Å². The molecule has 0 bridgehead atoms. The van der Waals surface area contributed by atoms with Gasteiger partial charge in [0.25, 0.3) is 0 Å². The summed E-state index contributed by atoms with van der Waals surface area (Å²) in [7, 11) is 0. The maximum atomic E-state index is 5.57. The third kappa shape index (κ3) is 6.24. The highest BCUT2D eigenvalue weighted by atomic mass is 16.4. The Kier molecular flexibility index (Phi) is 12.0. The molecule has 142 valence electrons. The van der Waals surface area contributed by atoms with Gasteiger partial charge in [-0.15, -0.1) is 0 Å². The monoisotopic (exact) mass is 357 g/mol. The summed E-state index contributed by atoms with van der Waals surface area (Å²) in [5.41, 5.74) is 2.15. The first-order chi connectivity index (χ1) is 12.8. The smallest absolute Gasteiger partial charge is 0.303 e. The van der Waals surface area contributed by atoms with Crippen LogP contribution < -0.4 is 5.32 Å². The van der Waals surface area contributed by atoms with Gasteiger partial charge in [0.05, 0.1) is 0 Å². The van der Waals surface area contributed by atoms with E-state index in [1.54, 1.807) is 6.08 Å². The zero-order valence-electron chi connectivity index (χ0n) is 17.0. The lowest BCUT2D eigenvalue weighted by atomic mass is 10.3. The van der Waals surface area contributed by atoms with Gasteiger partial charge in [-0.25, -0.2) is 0 Å². The molecule has 0 aliphatic carbocycles. The van der Waals surface area contributed by atoms with Gasteiger partial charge in [0, 0.05) is 0 Å². The van der Waals surface area contributed by atoms with Crippen molar-refractivity contribution in [2.75, 3.05) is 5.32 Å². The van der Waals surface area contributed by atoms with Gasteiger partial charge in [-0.3, -0.25) is 5.32 Å². The molecule has 5 heteroatoms. The summed E-state index contributed by atoms with van der Waals surface area (Å²) < 4.78 is 11.1. The van der Waals surface area contributed by atoms with Crippen LogP contribution in [0.2, 0.25) is 0 Å². The zero-order chi connectivity index (χ0) is 19.9. The molecule has 0 saturated carbocycles. The highest BCUT2D eigenvalue weighted by Crippen LogP contribution is 2.24. The van der Waals surface area contributed by atoms with Gasteiger partial charge in [0.1, 0.15) is 11.2 Å². The molecule has 1 aromatic carbocycles. The predicted molar refractivity (Wildman–Crippen MR) is 113 cm³/mol. The van der Waals surface area contributed by atoms with Crippen LogP contribution in [0.4, 0.5) is 12.0 Å². The molecular weight excluding hydrogens is 326 g/mol. The number of nitrogens with one attached hydrogen (secondary N) is 1. The molecule has 0 radical (unpaired) electrons. The van der Waals surface area contributed by atoms with Crippen molar-refractivity contribution in [2.24, 2.45) is 0 Å². The second kappa shape index (κ2) is 13.5. The Labute approximate surface area is 156 Å². The first-order valence-corrected chi connectivity index (χ1v) is 9.18.